The molecule has 10 nitrogen and oxygen atoms in total. The quantitative estimate of drug-likeness (QED) is 0.115. The number of fused-ring (bicyclic) bond motifs is 2. The Labute approximate surface area is 186 Å². The third-order valence-electron chi connectivity index (χ3n) is 7.20. The molecule has 2 aromatic heterocycles. The normalized spacial score (nSPS) is 12.8. The topological polar surface area (TPSA) is 165 Å². The molecule has 34 heavy (non-hydrogen) atoms. The molecule has 0 radical (unpaired) electrons. The first-order chi connectivity index (χ1) is 16.1. The van der Waals surface area contributed by atoms with Gasteiger partial charge in [0.1, 0.15) is 17.0 Å². The third kappa shape index (κ3) is 1.62. The number of benzene rings is 5. The summed E-state index contributed by atoms with van der Waals surface area (Å²) in [6.07, 6.45) is 0. The molecule has 6 N–H and O–H groups in total. The van der Waals surface area contributed by atoms with Crippen molar-refractivity contribution in [1.82, 2.24) is 9.13 Å². The number of rotatable bonds is 0. The molecule has 0 aliphatic rings. The summed E-state index contributed by atoms with van der Waals surface area (Å²) in [5.74, 6) is -3.15. The molecule has 0 unspecified atom stereocenters. The van der Waals surface area contributed by atoms with Crippen molar-refractivity contribution < 1.29 is 30.6 Å². The Morgan fingerprint density at radius 1 is 0.559 bits per heavy atom. The lowest BCUT2D eigenvalue weighted by Gasteiger charge is -2.18. The molecule has 5 aromatic carbocycles. The van der Waals surface area contributed by atoms with E-state index in [0.717, 1.165) is 4.57 Å². The van der Waals surface area contributed by atoms with Crippen LogP contribution in [0.25, 0.3) is 64.9 Å². The van der Waals surface area contributed by atoms with E-state index < -0.39 is 39.7 Å². The van der Waals surface area contributed by atoms with Gasteiger partial charge in [0.25, 0.3) is 5.56 Å². The Kier molecular flexibility index (Phi) is 2.86. The van der Waals surface area contributed by atoms with Crippen LogP contribution in [0.4, 0.5) is 0 Å². The molecule has 0 bridgehead atoms. The number of phenols is 5. The Morgan fingerprint density at radius 3 is 1.71 bits per heavy atom. The van der Waals surface area contributed by atoms with Crippen LogP contribution >= 0.6 is 0 Å². The fourth-order valence-electron chi connectivity index (χ4n) is 5.81. The van der Waals surface area contributed by atoms with Gasteiger partial charge < -0.3 is 39.8 Å². The molecule has 0 fully saturated rings. The maximum atomic E-state index is 13.2. The Bertz CT molecular complexity index is 2190. The molecule has 168 valence electrons. The number of aromatic nitrogens is 2. The predicted molar refractivity (Wildman–Crippen MR) is 126 cm³/mol. The van der Waals surface area contributed by atoms with Gasteiger partial charge in [-0.25, -0.2) is 0 Å². The van der Waals surface area contributed by atoms with Gasteiger partial charge in [0.15, 0.2) is 23.1 Å². The van der Waals surface area contributed by atoms with Gasteiger partial charge in [-0.05, 0) is 12.1 Å². The molecule has 0 amide bonds. The average molecular weight is 458 g/mol. The van der Waals surface area contributed by atoms with Crippen molar-refractivity contribution >= 4 is 64.9 Å². The van der Waals surface area contributed by atoms with Crippen LogP contribution in [0.3, 0.4) is 0 Å². The molecule has 7 rings (SSSR count). The molecule has 7 aromatic rings. The van der Waals surface area contributed by atoms with Gasteiger partial charge in [-0.1, -0.05) is 0 Å². The Hall–Kier alpha value is -4.86. The molecule has 0 aliphatic carbocycles. The van der Waals surface area contributed by atoms with E-state index in [1.165, 1.54) is 30.8 Å². The largest absolute Gasteiger partial charge is 0.507 e. The standard InChI is InChI=1S/C24H14N2O8/c1-25-17-9-5(23(25)33)3-7(27)11-13(9)15(19(29)21(17)31)12-8(28)4-6-10-14(12)16(11)20(30)22(32)18(10)26(2)24(6)34/h3-4,27-31,34H,1-2H3. The first-order valence-electron chi connectivity index (χ1n) is 10.2. The first-order valence-corrected chi connectivity index (χ1v) is 10.2. The van der Waals surface area contributed by atoms with E-state index in [0.29, 0.717) is 0 Å². The lowest BCUT2D eigenvalue weighted by Crippen LogP contribution is -2.09. The highest BCUT2D eigenvalue weighted by molar-refractivity contribution is 6.44. The summed E-state index contributed by atoms with van der Waals surface area (Å²) >= 11 is 0. The Balaban J connectivity index is 2.06. The number of aromatic hydroxyl groups is 6. The molecule has 0 spiro atoms. The minimum atomic E-state index is -0.807. The SMILES string of the molecule is Cn1c(O)c2cc(O)c3c4c(O)c(O)c5c6c(cc(O)c(c7c(O)c(=O)c1c2c73)c46)c(=O)n5C. The van der Waals surface area contributed by atoms with Crippen LogP contribution < -0.4 is 11.0 Å². The molecule has 0 saturated heterocycles. The Morgan fingerprint density at radius 2 is 1.09 bits per heavy atom. The fraction of sp³-hybridized carbons (Fsp3) is 0.0833. The van der Waals surface area contributed by atoms with Gasteiger partial charge in [-0.2, -0.15) is 0 Å². The highest BCUT2D eigenvalue weighted by Crippen LogP contribution is 2.57. The second-order valence-corrected chi connectivity index (χ2v) is 8.71. The summed E-state index contributed by atoms with van der Waals surface area (Å²) in [7, 11) is 2.82. The van der Waals surface area contributed by atoms with E-state index in [1.807, 2.05) is 0 Å². The third-order valence-corrected chi connectivity index (χ3v) is 7.20. The van der Waals surface area contributed by atoms with Crippen LogP contribution in [-0.4, -0.2) is 39.8 Å². The van der Waals surface area contributed by atoms with Crippen LogP contribution in [0.15, 0.2) is 21.7 Å². The minimum Gasteiger partial charge on any atom is -0.507 e. The smallest absolute Gasteiger partial charge is 0.258 e. The van der Waals surface area contributed by atoms with Crippen LogP contribution in [0.2, 0.25) is 0 Å². The monoisotopic (exact) mass is 458 g/mol. The van der Waals surface area contributed by atoms with E-state index in [1.54, 1.807) is 0 Å². The summed E-state index contributed by atoms with van der Waals surface area (Å²) in [5, 5.41) is 66.3. The number of hydrogen-bond donors (Lipinski definition) is 6. The zero-order chi connectivity index (χ0) is 24.1. The average Bonchev–Trinajstić information content (AvgIpc) is 3.20. The van der Waals surface area contributed by atoms with Crippen molar-refractivity contribution in [2.75, 3.05) is 0 Å². The molecular formula is C24H14N2O8. The molecule has 2 heterocycles. The first kappa shape index (κ1) is 18.7. The van der Waals surface area contributed by atoms with E-state index in [-0.39, 0.29) is 70.8 Å². The fourth-order valence-corrected chi connectivity index (χ4v) is 5.81. The van der Waals surface area contributed by atoms with Crippen LogP contribution in [0.5, 0.6) is 34.6 Å². The molecule has 0 atom stereocenters. The van der Waals surface area contributed by atoms with Crippen molar-refractivity contribution in [3.8, 4) is 34.6 Å². The maximum Gasteiger partial charge on any atom is 0.258 e. The van der Waals surface area contributed by atoms with Gasteiger partial charge >= 0.3 is 0 Å². The molecule has 0 saturated carbocycles. The molecule has 10 heteroatoms. The van der Waals surface area contributed by atoms with E-state index in [9.17, 15) is 40.2 Å². The molecular weight excluding hydrogens is 444 g/mol. The highest BCUT2D eigenvalue weighted by Gasteiger charge is 2.32. The summed E-state index contributed by atoms with van der Waals surface area (Å²) in [5.41, 5.74) is -1.39. The van der Waals surface area contributed by atoms with Gasteiger partial charge in [0, 0.05) is 62.6 Å². The summed E-state index contributed by atoms with van der Waals surface area (Å²) in [4.78, 5) is 26.1. The van der Waals surface area contributed by atoms with Gasteiger partial charge in [-0.15, -0.1) is 0 Å². The lowest BCUT2D eigenvalue weighted by atomic mass is 9.86. The van der Waals surface area contributed by atoms with Crippen LogP contribution in [0.1, 0.15) is 0 Å². The van der Waals surface area contributed by atoms with Crippen molar-refractivity contribution in [3.63, 3.8) is 0 Å². The van der Waals surface area contributed by atoms with Gasteiger partial charge in [0.05, 0.1) is 10.9 Å². The second-order valence-electron chi connectivity index (χ2n) is 8.71. The predicted octanol–water partition coefficient (Wildman–Crippen LogP) is 2.55. The van der Waals surface area contributed by atoms with Crippen molar-refractivity contribution in [3.05, 3.63) is 32.7 Å². The van der Waals surface area contributed by atoms with Crippen LogP contribution in [0, 0.1) is 0 Å². The number of hydrogen-bond acceptors (Lipinski definition) is 8. The second kappa shape index (κ2) is 5.20. The summed E-state index contributed by atoms with van der Waals surface area (Å²) < 4.78 is 2.30. The van der Waals surface area contributed by atoms with Gasteiger partial charge in [-0.3, -0.25) is 9.59 Å². The number of phenolic OH excluding ortho intramolecular Hbond substituents is 5. The minimum absolute atomic E-state index is 0.00166. The zero-order valence-electron chi connectivity index (χ0n) is 17.5. The zero-order valence-corrected chi connectivity index (χ0v) is 17.5. The van der Waals surface area contributed by atoms with Gasteiger partial charge in [0.2, 0.25) is 5.43 Å². The lowest BCUT2D eigenvalue weighted by molar-refractivity contribution is 0.411. The highest BCUT2D eigenvalue weighted by atomic mass is 16.3. The molecule has 0 aliphatic heterocycles. The van der Waals surface area contributed by atoms with Crippen molar-refractivity contribution in [2.24, 2.45) is 14.1 Å². The number of nitrogens with zero attached hydrogens (tertiary/aromatic N) is 2. The van der Waals surface area contributed by atoms with Crippen LogP contribution in [-0.2, 0) is 14.1 Å². The van der Waals surface area contributed by atoms with Crippen molar-refractivity contribution in [2.45, 2.75) is 0 Å². The maximum absolute atomic E-state index is 13.2. The summed E-state index contributed by atoms with van der Waals surface area (Å²) in [6, 6.07) is 2.41. The van der Waals surface area contributed by atoms with E-state index >= 15 is 0 Å². The van der Waals surface area contributed by atoms with E-state index in [4.69, 9.17) is 0 Å². The van der Waals surface area contributed by atoms with Crippen molar-refractivity contribution in [1.29, 1.82) is 0 Å². The van der Waals surface area contributed by atoms with E-state index in [2.05, 4.69) is 0 Å². The summed E-state index contributed by atoms with van der Waals surface area (Å²) in [6.45, 7) is 0. The number of aryl methyl sites for hydroxylation is 2.